The van der Waals surface area contributed by atoms with Crippen molar-refractivity contribution in [3.05, 3.63) is 92.4 Å². The van der Waals surface area contributed by atoms with E-state index in [2.05, 4.69) is 21.2 Å². The number of hydrogen-bond donors (Lipinski definition) is 1. The molecule has 0 radical (unpaired) electrons. The van der Waals surface area contributed by atoms with Crippen LogP contribution in [0.15, 0.2) is 76.1 Å². The largest absolute Gasteiger partial charge is 0.357 e. The summed E-state index contributed by atoms with van der Waals surface area (Å²) in [6, 6.07) is 16.9. The second-order valence-corrected chi connectivity index (χ2v) is 12.0. The zero-order chi connectivity index (χ0) is 27.3. The lowest BCUT2D eigenvalue weighted by atomic mass is 10.1. The van der Waals surface area contributed by atoms with Gasteiger partial charge in [-0.25, -0.2) is 8.42 Å². The summed E-state index contributed by atoms with van der Waals surface area (Å²) in [6.07, 6.45) is 0. The number of hydrogen-bond acceptors (Lipinski definition) is 4. The number of carbonyl (C=O) groups excluding carboxylic acids is 2. The first-order valence-electron chi connectivity index (χ1n) is 11.2. The van der Waals surface area contributed by atoms with Crippen LogP contribution in [0.5, 0.6) is 0 Å². The van der Waals surface area contributed by atoms with Crippen LogP contribution in [0.25, 0.3) is 0 Å². The molecule has 7 nitrogen and oxygen atoms in total. The van der Waals surface area contributed by atoms with Gasteiger partial charge in [-0.3, -0.25) is 13.9 Å². The first-order valence-corrected chi connectivity index (χ1v) is 14.2. The number of aryl methyl sites for hydroxylation is 1. The van der Waals surface area contributed by atoms with Crippen molar-refractivity contribution in [1.29, 1.82) is 0 Å². The van der Waals surface area contributed by atoms with E-state index >= 15 is 0 Å². The fraction of sp³-hybridized carbons (Fsp3) is 0.231. The van der Waals surface area contributed by atoms with Crippen molar-refractivity contribution in [3.8, 4) is 0 Å². The highest BCUT2D eigenvalue weighted by Gasteiger charge is 2.32. The summed E-state index contributed by atoms with van der Waals surface area (Å²) in [5.41, 5.74) is 1.76. The van der Waals surface area contributed by atoms with Gasteiger partial charge in [0.25, 0.3) is 10.0 Å². The van der Waals surface area contributed by atoms with E-state index in [9.17, 15) is 18.0 Å². The molecule has 37 heavy (non-hydrogen) atoms. The van der Waals surface area contributed by atoms with Crippen molar-refractivity contribution < 1.29 is 18.0 Å². The number of anilines is 1. The van der Waals surface area contributed by atoms with Crippen LogP contribution in [0.1, 0.15) is 18.1 Å². The molecule has 0 heterocycles. The van der Waals surface area contributed by atoms with Crippen LogP contribution in [0.3, 0.4) is 0 Å². The highest BCUT2D eigenvalue weighted by atomic mass is 79.9. The molecule has 196 valence electrons. The summed E-state index contributed by atoms with van der Waals surface area (Å²) in [7, 11) is -2.66. The topological polar surface area (TPSA) is 86.8 Å². The van der Waals surface area contributed by atoms with Gasteiger partial charge in [-0.15, -0.1) is 0 Å². The molecule has 1 N–H and O–H groups in total. The van der Waals surface area contributed by atoms with Crippen LogP contribution in [-0.2, 0) is 26.2 Å². The van der Waals surface area contributed by atoms with E-state index in [-0.39, 0.29) is 11.4 Å². The Morgan fingerprint density at radius 1 is 1.00 bits per heavy atom. The summed E-state index contributed by atoms with van der Waals surface area (Å²) in [5, 5.41) is 3.29. The van der Waals surface area contributed by atoms with E-state index in [0.717, 1.165) is 14.3 Å². The van der Waals surface area contributed by atoms with Crippen molar-refractivity contribution >= 4 is 66.7 Å². The Kier molecular flexibility index (Phi) is 9.63. The van der Waals surface area contributed by atoms with Crippen LogP contribution in [-0.4, -0.2) is 44.8 Å². The first-order chi connectivity index (χ1) is 17.4. The van der Waals surface area contributed by atoms with Crippen molar-refractivity contribution in [2.45, 2.75) is 31.3 Å². The molecule has 0 aliphatic carbocycles. The first kappa shape index (κ1) is 29.0. The highest BCUT2D eigenvalue weighted by molar-refractivity contribution is 9.10. The molecule has 0 unspecified atom stereocenters. The molecular weight excluding hydrogens is 601 g/mol. The zero-order valence-corrected chi connectivity index (χ0v) is 24.3. The van der Waals surface area contributed by atoms with E-state index in [0.29, 0.717) is 21.3 Å². The van der Waals surface area contributed by atoms with Gasteiger partial charge in [0.15, 0.2) is 0 Å². The average molecular weight is 627 g/mol. The third-order valence-corrected chi connectivity index (χ3v) is 8.68. The van der Waals surface area contributed by atoms with Gasteiger partial charge in [0.2, 0.25) is 11.8 Å². The maximum atomic E-state index is 13.7. The van der Waals surface area contributed by atoms with Gasteiger partial charge < -0.3 is 10.2 Å². The average Bonchev–Trinajstić information content (AvgIpc) is 2.86. The molecule has 0 saturated heterocycles. The number of rotatable bonds is 9. The summed E-state index contributed by atoms with van der Waals surface area (Å²) >= 11 is 15.7. The molecule has 0 aliphatic rings. The van der Waals surface area contributed by atoms with Crippen LogP contribution in [0, 0.1) is 6.92 Å². The summed E-state index contributed by atoms with van der Waals surface area (Å²) in [5.74, 6) is -0.990. The smallest absolute Gasteiger partial charge is 0.264 e. The number of carbonyl (C=O) groups is 2. The molecule has 3 aromatic rings. The molecular formula is C26H26BrCl2N3O4S. The SMILES string of the molecule is CNC(=O)[C@H](C)N(Cc1ccc(Cl)cc1Cl)C(=O)CN(c1ccc(Br)cc1)S(=O)(=O)c1ccc(C)cc1. The predicted octanol–water partition coefficient (Wildman–Crippen LogP) is 5.42. The molecule has 0 bridgehead atoms. The number of benzene rings is 3. The number of likely N-dealkylation sites (N-methyl/N-ethyl adjacent to an activating group) is 1. The molecule has 0 aliphatic heterocycles. The molecule has 0 fully saturated rings. The molecule has 3 rings (SSSR count). The molecule has 0 saturated carbocycles. The maximum Gasteiger partial charge on any atom is 0.264 e. The lowest BCUT2D eigenvalue weighted by molar-refractivity contribution is -0.139. The van der Waals surface area contributed by atoms with Gasteiger partial charge in [0.05, 0.1) is 10.6 Å². The molecule has 0 aromatic heterocycles. The van der Waals surface area contributed by atoms with Crippen molar-refractivity contribution in [2.75, 3.05) is 17.9 Å². The Bertz CT molecular complexity index is 1380. The normalized spacial score (nSPS) is 12.1. The maximum absolute atomic E-state index is 13.7. The van der Waals surface area contributed by atoms with Crippen molar-refractivity contribution in [3.63, 3.8) is 0 Å². The number of halogens is 3. The summed E-state index contributed by atoms with van der Waals surface area (Å²) in [4.78, 5) is 27.6. The number of nitrogens with zero attached hydrogens (tertiary/aromatic N) is 2. The number of nitrogens with one attached hydrogen (secondary N) is 1. The second-order valence-electron chi connectivity index (χ2n) is 8.35. The summed E-state index contributed by atoms with van der Waals surface area (Å²) in [6.45, 7) is 2.86. The minimum absolute atomic E-state index is 0.0256. The monoisotopic (exact) mass is 625 g/mol. The van der Waals surface area contributed by atoms with Crippen LogP contribution in [0.2, 0.25) is 10.0 Å². The number of sulfonamides is 1. The van der Waals surface area contributed by atoms with Gasteiger partial charge in [-0.1, -0.05) is 62.9 Å². The van der Waals surface area contributed by atoms with Crippen molar-refractivity contribution in [2.24, 2.45) is 0 Å². The van der Waals surface area contributed by atoms with E-state index in [1.54, 1.807) is 61.5 Å². The molecule has 0 spiro atoms. The minimum Gasteiger partial charge on any atom is -0.357 e. The molecule has 3 aromatic carbocycles. The third-order valence-electron chi connectivity index (χ3n) is 5.77. The Labute approximate surface area is 235 Å². The number of amides is 2. The molecule has 11 heteroatoms. The van der Waals surface area contributed by atoms with Crippen molar-refractivity contribution in [1.82, 2.24) is 10.2 Å². The molecule has 1 atom stereocenters. The Hall–Kier alpha value is -2.59. The van der Waals surface area contributed by atoms with Gasteiger partial charge in [0, 0.05) is 28.1 Å². The quantitative estimate of drug-likeness (QED) is 0.344. The van der Waals surface area contributed by atoms with Gasteiger partial charge in [0.1, 0.15) is 12.6 Å². The fourth-order valence-electron chi connectivity index (χ4n) is 3.60. The van der Waals surface area contributed by atoms with Gasteiger partial charge in [-0.05, 0) is 67.9 Å². The third kappa shape index (κ3) is 7.04. The lowest BCUT2D eigenvalue weighted by Gasteiger charge is -2.32. The Morgan fingerprint density at radius 2 is 1.62 bits per heavy atom. The van der Waals surface area contributed by atoms with E-state index in [1.165, 1.54) is 24.1 Å². The van der Waals surface area contributed by atoms with Crippen LogP contribution >= 0.6 is 39.1 Å². The van der Waals surface area contributed by atoms with E-state index < -0.39 is 34.4 Å². The van der Waals surface area contributed by atoms with Gasteiger partial charge >= 0.3 is 0 Å². The fourth-order valence-corrected chi connectivity index (χ4v) is 5.75. The standard InChI is InChI=1S/C26H26BrCl2N3O4S/c1-17-4-12-23(13-5-17)37(35,36)32(22-10-7-20(27)8-11-22)16-25(33)31(18(2)26(34)30-3)15-19-6-9-21(28)14-24(19)29/h4-14,18H,15-16H2,1-3H3,(H,30,34)/t18-/m0/s1. The van der Waals surface area contributed by atoms with E-state index in [4.69, 9.17) is 23.2 Å². The molecule has 2 amide bonds. The highest BCUT2D eigenvalue weighted by Crippen LogP contribution is 2.27. The van der Waals surface area contributed by atoms with E-state index in [1.807, 2.05) is 6.92 Å². The van der Waals surface area contributed by atoms with Gasteiger partial charge in [-0.2, -0.15) is 0 Å². The Balaban J connectivity index is 2.04. The zero-order valence-electron chi connectivity index (χ0n) is 20.4. The Morgan fingerprint density at radius 3 is 2.19 bits per heavy atom. The van der Waals surface area contributed by atoms with Crippen LogP contribution < -0.4 is 9.62 Å². The lowest BCUT2D eigenvalue weighted by Crippen LogP contribution is -2.50. The predicted molar refractivity (Wildman–Crippen MR) is 150 cm³/mol. The second kappa shape index (κ2) is 12.3. The van der Waals surface area contributed by atoms with Crippen LogP contribution in [0.4, 0.5) is 5.69 Å². The summed E-state index contributed by atoms with van der Waals surface area (Å²) < 4.78 is 29.2. The minimum atomic E-state index is -4.12.